The third-order valence-electron chi connectivity index (χ3n) is 4.48. The number of hydrogen-bond donors (Lipinski definition) is 3. The van der Waals surface area contributed by atoms with Crippen molar-refractivity contribution < 1.29 is 9.90 Å². The van der Waals surface area contributed by atoms with Crippen molar-refractivity contribution in [2.24, 2.45) is 5.92 Å². The van der Waals surface area contributed by atoms with Crippen molar-refractivity contribution in [3.8, 4) is 0 Å². The summed E-state index contributed by atoms with van der Waals surface area (Å²) in [5.74, 6) is 0.178. The first-order valence-electron chi connectivity index (χ1n) is 8.13. The van der Waals surface area contributed by atoms with Gasteiger partial charge in [0.25, 0.3) is 0 Å². The Morgan fingerprint density at radius 1 is 1.36 bits per heavy atom. The van der Waals surface area contributed by atoms with Crippen molar-refractivity contribution in [2.75, 3.05) is 30.4 Å². The third kappa shape index (κ3) is 4.37. The Hall–Kier alpha value is -1.75. The largest absolute Gasteiger partial charge is 0.396 e. The van der Waals surface area contributed by atoms with Crippen LogP contribution in [0.1, 0.15) is 32.6 Å². The molecule has 0 aromatic heterocycles. The lowest BCUT2D eigenvalue weighted by Gasteiger charge is -2.30. The summed E-state index contributed by atoms with van der Waals surface area (Å²) in [5.41, 5.74) is 1.86. The van der Waals surface area contributed by atoms with Gasteiger partial charge in [-0.2, -0.15) is 0 Å². The molecule has 1 aliphatic rings. The van der Waals surface area contributed by atoms with Crippen LogP contribution < -0.4 is 15.5 Å². The minimum atomic E-state index is -0.193. The van der Waals surface area contributed by atoms with Crippen LogP contribution in [0.2, 0.25) is 0 Å². The molecule has 1 saturated carbocycles. The number of carbonyl (C=O) groups excluding carboxylic acids is 1. The first-order valence-corrected chi connectivity index (χ1v) is 8.13. The van der Waals surface area contributed by atoms with Crippen molar-refractivity contribution in [3.05, 3.63) is 24.3 Å². The van der Waals surface area contributed by atoms with Crippen molar-refractivity contribution in [3.63, 3.8) is 0 Å². The summed E-state index contributed by atoms with van der Waals surface area (Å²) in [6.45, 7) is 3.14. The summed E-state index contributed by atoms with van der Waals surface area (Å²) in [6.07, 6.45) is 4.17. The second-order valence-electron chi connectivity index (χ2n) is 6.00. The molecule has 1 aliphatic carbocycles. The van der Waals surface area contributed by atoms with Gasteiger partial charge in [0.1, 0.15) is 0 Å². The Morgan fingerprint density at radius 3 is 2.86 bits per heavy atom. The van der Waals surface area contributed by atoms with E-state index in [-0.39, 0.29) is 24.6 Å². The number of carbonyl (C=O) groups is 1. The van der Waals surface area contributed by atoms with Gasteiger partial charge in [-0.05, 0) is 38.0 Å². The van der Waals surface area contributed by atoms with Crippen molar-refractivity contribution in [1.82, 2.24) is 5.32 Å². The molecule has 5 nitrogen and oxygen atoms in total. The average molecular weight is 305 g/mol. The molecule has 1 fully saturated rings. The van der Waals surface area contributed by atoms with Crippen molar-refractivity contribution in [1.29, 1.82) is 0 Å². The molecular formula is C17H27N3O2. The van der Waals surface area contributed by atoms with Gasteiger partial charge >= 0.3 is 6.03 Å². The van der Waals surface area contributed by atoms with E-state index >= 15 is 0 Å². The molecule has 0 radical (unpaired) electrons. The normalized spacial score (nSPS) is 21.2. The van der Waals surface area contributed by atoms with Crippen LogP contribution in [0.4, 0.5) is 16.2 Å². The Balaban J connectivity index is 1.94. The molecule has 3 N–H and O–H groups in total. The van der Waals surface area contributed by atoms with Crippen LogP contribution in [0.3, 0.4) is 0 Å². The van der Waals surface area contributed by atoms with Crippen LogP contribution in [0, 0.1) is 5.92 Å². The molecule has 0 spiro atoms. The van der Waals surface area contributed by atoms with E-state index < -0.39 is 0 Å². The Bertz CT molecular complexity index is 493. The summed E-state index contributed by atoms with van der Waals surface area (Å²) >= 11 is 0. The highest BCUT2D eigenvalue weighted by Gasteiger charge is 2.25. The van der Waals surface area contributed by atoms with Crippen LogP contribution in [-0.4, -0.2) is 37.4 Å². The number of amides is 2. The van der Waals surface area contributed by atoms with E-state index in [0.717, 1.165) is 43.6 Å². The van der Waals surface area contributed by atoms with E-state index in [1.54, 1.807) is 0 Å². The van der Waals surface area contributed by atoms with Crippen LogP contribution in [0.25, 0.3) is 0 Å². The van der Waals surface area contributed by atoms with E-state index in [9.17, 15) is 9.90 Å². The Morgan fingerprint density at radius 2 is 2.14 bits per heavy atom. The molecule has 1 aromatic carbocycles. The molecule has 2 amide bonds. The average Bonchev–Trinajstić information content (AvgIpc) is 2.54. The first-order chi connectivity index (χ1) is 10.6. The number of urea groups is 1. The van der Waals surface area contributed by atoms with E-state index in [4.69, 9.17) is 0 Å². The highest BCUT2D eigenvalue weighted by atomic mass is 16.3. The van der Waals surface area contributed by atoms with E-state index in [1.807, 2.05) is 31.3 Å². The van der Waals surface area contributed by atoms with Gasteiger partial charge in [0.15, 0.2) is 0 Å². The van der Waals surface area contributed by atoms with Crippen LogP contribution in [-0.2, 0) is 0 Å². The maximum atomic E-state index is 12.2. The van der Waals surface area contributed by atoms with E-state index in [0.29, 0.717) is 0 Å². The molecule has 1 aromatic rings. The number of nitrogens with zero attached hydrogens (tertiary/aromatic N) is 1. The van der Waals surface area contributed by atoms with Crippen molar-refractivity contribution >= 4 is 17.4 Å². The van der Waals surface area contributed by atoms with Gasteiger partial charge in [-0.1, -0.05) is 18.9 Å². The number of aliphatic hydroxyl groups excluding tert-OH is 1. The molecular weight excluding hydrogens is 278 g/mol. The number of aliphatic hydroxyl groups is 1. The predicted octanol–water partition coefficient (Wildman–Crippen LogP) is 2.82. The molecule has 0 heterocycles. The van der Waals surface area contributed by atoms with Crippen molar-refractivity contribution in [2.45, 2.75) is 38.6 Å². The second kappa shape index (κ2) is 8.03. The zero-order valence-electron chi connectivity index (χ0n) is 13.5. The predicted molar refractivity (Wildman–Crippen MR) is 90.4 cm³/mol. The second-order valence-corrected chi connectivity index (χ2v) is 6.00. The molecule has 2 atom stereocenters. The molecule has 0 bridgehead atoms. The van der Waals surface area contributed by atoms with Gasteiger partial charge < -0.3 is 20.6 Å². The lowest BCUT2D eigenvalue weighted by Crippen LogP contribution is -2.45. The fraction of sp³-hybridized carbons (Fsp3) is 0.588. The minimum Gasteiger partial charge on any atom is -0.396 e. The number of anilines is 2. The van der Waals surface area contributed by atoms with Gasteiger partial charge in [0.2, 0.25) is 0 Å². The minimum absolute atomic E-state index is 0.0697. The van der Waals surface area contributed by atoms with Crippen LogP contribution >= 0.6 is 0 Å². The summed E-state index contributed by atoms with van der Waals surface area (Å²) in [6, 6.07) is 7.69. The first kappa shape index (κ1) is 16.6. The van der Waals surface area contributed by atoms with E-state index in [1.165, 1.54) is 0 Å². The zero-order valence-corrected chi connectivity index (χ0v) is 13.5. The number of benzene rings is 1. The number of rotatable bonds is 5. The van der Waals surface area contributed by atoms with E-state index in [2.05, 4.69) is 22.5 Å². The summed E-state index contributed by atoms with van der Waals surface area (Å²) in [7, 11) is 2.02. The summed E-state index contributed by atoms with van der Waals surface area (Å²) < 4.78 is 0. The molecule has 122 valence electrons. The fourth-order valence-corrected chi connectivity index (χ4v) is 2.96. The van der Waals surface area contributed by atoms with Gasteiger partial charge in [-0.15, -0.1) is 0 Å². The summed E-state index contributed by atoms with van der Waals surface area (Å²) in [5, 5.41) is 15.3. The molecule has 0 aliphatic heterocycles. The molecule has 0 saturated heterocycles. The highest BCUT2D eigenvalue weighted by molar-refractivity contribution is 5.90. The van der Waals surface area contributed by atoms with Gasteiger partial charge in [0, 0.05) is 43.5 Å². The number of hydrogen-bond acceptors (Lipinski definition) is 3. The Labute approximate surface area is 132 Å². The molecule has 0 unspecified atom stereocenters. The quantitative estimate of drug-likeness (QED) is 0.784. The van der Waals surface area contributed by atoms with Crippen LogP contribution in [0.5, 0.6) is 0 Å². The number of nitrogens with one attached hydrogen (secondary N) is 2. The smallest absolute Gasteiger partial charge is 0.319 e. The molecule has 5 heteroatoms. The van der Waals surface area contributed by atoms with Crippen LogP contribution in [0.15, 0.2) is 24.3 Å². The SMILES string of the molecule is CCN(C)c1cccc(NC(=O)N[C@@H]2CCCC[C@@H]2CO)c1. The van der Waals surface area contributed by atoms with Gasteiger partial charge in [-0.25, -0.2) is 4.79 Å². The van der Waals surface area contributed by atoms with Gasteiger partial charge in [-0.3, -0.25) is 0 Å². The monoisotopic (exact) mass is 305 g/mol. The summed E-state index contributed by atoms with van der Waals surface area (Å²) in [4.78, 5) is 14.3. The fourth-order valence-electron chi connectivity index (χ4n) is 2.96. The van der Waals surface area contributed by atoms with Gasteiger partial charge in [0.05, 0.1) is 0 Å². The standard InChI is InChI=1S/C17H27N3O2/c1-3-20(2)15-9-6-8-14(11-15)18-17(22)19-16-10-5-4-7-13(16)12-21/h6,8-9,11,13,16,21H,3-5,7,10,12H2,1-2H3,(H2,18,19,22)/t13-,16-/m1/s1. The topological polar surface area (TPSA) is 64.6 Å². The third-order valence-corrected chi connectivity index (χ3v) is 4.48. The maximum absolute atomic E-state index is 12.2. The molecule has 22 heavy (non-hydrogen) atoms. The lowest BCUT2D eigenvalue weighted by atomic mass is 9.85. The zero-order chi connectivity index (χ0) is 15.9. The molecule has 2 rings (SSSR count). The lowest BCUT2D eigenvalue weighted by molar-refractivity contribution is 0.156. The highest BCUT2D eigenvalue weighted by Crippen LogP contribution is 2.24. The maximum Gasteiger partial charge on any atom is 0.319 e. The Kier molecular flexibility index (Phi) is 6.07.